The van der Waals surface area contributed by atoms with Crippen molar-refractivity contribution in [2.24, 2.45) is 17.3 Å². The van der Waals surface area contributed by atoms with E-state index in [1.165, 1.54) is 0 Å². The molecule has 3 heterocycles. The van der Waals surface area contributed by atoms with Gasteiger partial charge in [0.2, 0.25) is 5.91 Å². The second-order valence-electron chi connectivity index (χ2n) is 6.80. The number of hydrogen-bond acceptors (Lipinski definition) is 5. The molecule has 2 aliphatic heterocycles. The van der Waals surface area contributed by atoms with Crippen LogP contribution in [0.3, 0.4) is 0 Å². The van der Waals surface area contributed by atoms with Crippen molar-refractivity contribution in [3.8, 4) is 0 Å². The first-order valence-electron chi connectivity index (χ1n) is 7.70. The van der Waals surface area contributed by atoms with E-state index in [4.69, 9.17) is 0 Å². The van der Waals surface area contributed by atoms with E-state index in [1.807, 2.05) is 5.38 Å². The maximum absolute atomic E-state index is 12.3. The Labute approximate surface area is 132 Å². The van der Waals surface area contributed by atoms with E-state index in [-0.39, 0.29) is 17.7 Å². The molecule has 22 heavy (non-hydrogen) atoms. The van der Waals surface area contributed by atoms with Gasteiger partial charge in [-0.15, -0.1) is 11.3 Å². The van der Waals surface area contributed by atoms with Crippen molar-refractivity contribution >= 4 is 23.2 Å². The molecule has 2 atom stereocenters. The summed E-state index contributed by atoms with van der Waals surface area (Å²) >= 11 is 1.56. The molecule has 1 aromatic rings. The quantitative estimate of drug-likeness (QED) is 0.892. The fourth-order valence-corrected chi connectivity index (χ4v) is 4.44. The van der Waals surface area contributed by atoms with Crippen LogP contribution in [0.2, 0.25) is 0 Å². The zero-order valence-corrected chi connectivity index (χ0v) is 13.1. The SMILES string of the molecule is O=C(C1CC1)N1C[C@H]2CN(Cc3cscn3)C[C@@]2(C(=O)O)C1. The molecular formula is C15H19N3O3S. The minimum absolute atomic E-state index is 0.0336. The van der Waals surface area contributed by atoms with Crippen LogP contribution in [0.1, 0.15) is 18.5 Å². The van der Waals surface area contributed by atoms with Crippen LogP contribution in [0, 0.1) is 17.3 Å². The number of nitrogens with zero attached hydrogens (tertiary/aromatic N) is 3. The first kappa shape index (κ1) is 14.1. The van der Waals surface area contributed by atoms with Crippen molar-refractivity contribution in [3.05, 3.63) is 16.6 Å². The highest BCUT2D eigenvalue weighted by Crippen LogP contribution is 2.45. The van der Waals surface area contributed by atoms with Crippen LogP contribution in [0.15, 0.2) is 10.9 Å². The number of amides is 1. The molecule has 2 saturated heterocycles. The number of carbonyl (C=O) groups is 2. The van der Waals surface area contributed by atoms with E-state index < -0.39 is 11.4 Å². The van der Waals surface area contributed by atoms with Crippen LogP contribution < -0.4 is 0 Å². The summed E-state index contributed by atoms with van der Waals surface area (Å²) in [4.78, 5) is 32.4. The van der Waals surface area contributed by atoms with Crippen LogP contribution in [-0.4, -0.2) is 57.9 Å². The summed E-state index contributed by atoms with van der Waals surface area (Å²) in [5.41, 5.74) is 2.01. The monoisotopic (exact) mass is 321 g/mol. The first-order valence-corrected chi connectivity index (χ1v) is 8.64. The molecule has 0 spiro atoms. The minimum atomic E-state index is -0.791. The second kappa shape index (κ2) is 5.03. The third-order valence-corrected chi connectivity index (χ3v) is 5.85. The van der Waals surface area contributed by atoms with Crippen molar-refractivity contribution in [3.63, 3.8) is 0 Å². The van der Waals surface area contributed by atoms with E-state index in [2.05, 4.69) is 9.88 Å². The van der Waals surface area contributed by atoms with Gasteiger partial charge in [0.05, 0.1) is 11.2 Å². The van der Waals surface area contributed by atoms with Crippen LogP contribution in [0.4, 0.5) is 0 Å². The Morgan fingerprint density at radius 1 is 1.36 bits per heavy atom. The largest absolute Gasteiger partial charge is 0.481 e. The maximum Gasteiger partial charge on any atom is 0.313 e. The molecule has 3 fully saturated rings. The Kier molecular flexibility index (Phi) is 3.23. The number of aromatic nitrogens is 1. The highest BCUT2D eigenvalue weighted by atomic mass is 32.1. The van der Waals surface area contributed by atoms with Crippen molar-refractivity contribution in [1.82, 2.24) is 14.8 Å². The number of fused-ring (bicyclic) bond motifs is 1. The van der Waals surface area contributed by atoms with E-state index >= 15 is 0 Å². The molecule has 7 heteroatoms. The van der Waals surface area contributed by atoms with Gasteiger partial charge < -0.3 is 10.0 Å². The number of hydrogen-bond donors (Lipinski definition) is 1. The molecule has 1 aromatic heterocycles. The molecule has 6 nitrogen and oxygen atoms in total. The Hall–Kier alpha value is -1.47. The zero-order chi connectivity index (χ0) is 15.3. The molecule has 1 amide bonds. The van der Waals surface area contributed by atoms with Gasteiger partial charge in [-0.3, -0.25) is 14.5 Å². The van der Waals surface area contributed by atoms with E-state index in [9.17, 15) is 14.7 Å². The number of aliphatic carboxylic acids is 1. The fourth-order valence-electron chi connectivity index (χ4n) is 3.89. The lowest BCUT2D eigenvalue weighted by Crippen LogP contribution is -2.42. The third-order valence-electron chi connectivity index (χ3n) is 5.21. The summed E-state index contributed by atoms with van der Waals surface area (Å²) in [6.45, 7) is 2.91. The zero-order valence-electron chi connectivity index (χ0n) is 12.3. The van der Waals surface area contributed by atoms with Crippen molar-refractivity contribution < 1.29 is 14.7 Å². The van der Waals surface area contributed by atoms with Crippen LogP contribution in [0.25, 0.3) is 0 Å². The number of likely N-dealkylation sites (tertiary alicyclic amines) is 2. The Balaban J connectivity index is 1.49. The highest BCUT2D eigenvalue weighted by Gasteiger charge is 2.59. The lowest BCUT2D eigenvalue weighted by Gasteiger charge is -2.25. The maximum atomic E-state index is 12.3. The van der Waals surface area contributed by atoms with Crippen molar-refractivity contribution in [2.75, 3.05) is 26.2 Å². The summed E-state index contributed by atoms with van der Waals surface area (Å²) in [6, 6.07) is 0. The van der Waals surface area contributed by atoms with Gasteiger partial charge in [-0.1, -0.05) is 0 Å². The number of carboxylic acid groups (broad SMARTS) is 1. The summed E-state index contributed by atoms with van der Waals surface area (Å²) in [6.07, 6.45) is 1.94. The number of thiazole rings is 1. The Bertz CT molecular complexity index is 601. The van der Waals surface area contributed by atoms with Crippen LogP contribution in [0.5, 0.6) is 0 Å². The standard InChI is InChI=1S/C15H19N3O3S/c19-13(10-1-2-10)18-4-11-3-17(5-12-6-22-9-16-12)7-15(11,8-18)14(20)21/h6,9-11H,1-5,7-8H2,(H,20,21)/t11-,15-/m1/s1. The Morgan fingerprint density at radius 3 is 2.77 bits per heavy atom. The molecule has 4 rings (SSSR count). The molecule has 0 radical (unpaired) electrons. The highest BCUT2D eigenvalue weighted by molar-refractivity contribution is 7.07. The van der Waals surface area contributed by atoms with E-state index in [1.54, 1.807) is 21.7 Å². The molecule has 0 aromatic carbocycles. The summed E-state index contributed by atoms with van der Waals surface area (Å²) in [7, 11) is 0. The second-order valence-corrected chi connectivity index (χ2v) is 7.52. The molecule has 1 aliphatic carbocycles. The van der Waals surface area contributed by atoms with E-state index in [0.29, 0.717) is 26.2 Å². The van der Waals surface area contributed by atoms with Gasteiger partial charge in [0.1, 0.15) is 5.41 Å². The lowest BCUT2D eigenvalue weighted by molar-refractivity contribution is -0.149. The van der Waals surface area contributed by atoms with Gasteiger partial charge >= 0.3 is 5.97 Å². The molecule has 1 N–H and O–H groups in total. The van der Waals surface area contributed by atoms with Crippen molar-refractivity contribution in [2.45, 2.75) is 19.4 Å². The van der Waals surface area contributed by atoms with Gasteiger partial charge in [0, 0.05) is 49.9 Å². The van der Waals surface area contributed by atoms with Gasteiger partial charge in [-0.2, -0.15) is 0 Å². The molecule has 0 bridgehead atoms. The topological polar surface area (TPSA) is 73.7 Å². The predicted molar refractivity (Wildman–Crippen MR) is 80.3 cm³/mol. The average molecular weight is 321 g/mol. The number of carboxylic acids is 1. The number of carbonyl (C=O) groups excluding carboxylic acids is 1. The first-order chi connectivity index (χ1) is 10.6. The summed E-state index contributed by atoms with van der Waals surface area (Å²) in [5, 5.41) is 11.8. The molecule has 0 unspecified atom stereocenters. The minimum Gasteiger partial charge on any atom is -0.481 e. The average Bonchev–Trinajstić information content (AvgIpc) is 2.91. The lowest BCUT2D eigenvalue weighted by atomic mass is 9.81. The summed E-state index contributed by atoms with van der Waals surface area (Å²) < 4.78 is 0. The van der Waals surface area contributed by atoms with E-state index in [0.717, 1.165) is 25.1 Å². The van der Waals surface area contributed by atoms with Gasteiger partial charge in [0.15, 0.2) is 0 Å². The van der Waals surface area contributed by atoms with Crippen molar-refractivity contribution in [1.29, 1.82) is 0 Å². The van der Waals surface area contributed by atoms with Gasteiger partial charge in [-0.05, 0) is 12.8 Å². The fraction of sp³-hybridized carbons (Fsp3) is 0.667. The normalized spacial score (nSPS) is 31.5. The predicted octanol–water partition coefficient (Wildman–Crippen LogP) is 0.898. The van der Waals surface area contributed by atoms with Crippen LogP contribution in [-0.2, 0) is 16.1 Å². The molecule has 1 saturated carbocycles. The molecular weight excluding hydrogens is 302 g/mol. The molecule has 118 valence electrons. The summed E-state index contributed by atoms with van der Waals surface area (Å²) in [5.74, 6) is -0.396. The van der Waals surface area contributed by atoms with Crippen LogP contribution >= 0.6 is 11.3 Å². The Morgan fingerprint density at radius 2 is 2.18 bits per heavy atom. The smallest absolute Gasteiger partial charge is 0.313 e. The third kappa shape index (κ3) is 2.23. The number of rotatable bonds is 4. The van der Waals surface area contributed by atoms with Gasteiger partial charge in [0.25, 0.3) is 0 Å². The van der Waals surface area contributed by atoms with Gasteiger partial charge in [-0.25, -0.2) is 4.98 Å². The molecule has 3 aliphatic rings.